The smallest absolute Gasteiger partial charge is 0.384 e. The molecule has 3 nitrogen and oxygen atoms in total. The van der Waals surface area contributed by atoms with Crippen LogP contribution in [0.25, 0.3) is 0 Å². The molecule has 0 aliphatic carbocycles. The van der Waals surface area contributed by atoms with Gasteiger partial charge in [-0.2, -0.15) is 13.2 Å². The number of rotatable bonds is 7. The van der Waals surface area contributed by atoms with Crippen LogP contribution in [0.3, 0.4) is 0 Å². The Morgan fingerprint density at radius 2 is 1.84 bits per heavy atom. The van der Waals surface area contributed by atoms with Crippen LogP contribution in [0, 0.1) is 0 Å². The van der Waals surface area contributed by atoms with Crippen molar-refractivity contribution in [3.05, 3.63) is 35.9 Å². The van der Waals surface area contributed by atoms with E-state index in [1.807, 2.05) is 18.2 Å². The lowest BCUT2D eigenvalue weighted by Crippen LogP contribution is -2.37. The van der Waals surface area contributed by atoms with E-state index in [2.05, 4.69) is 10.1 Å². The molecule has 1 unspecified atom stereocenters. The molecule has 108 valence electrons. The number of hydrogen-bond donors (Lipinski definition) is 2. The molecule has 1 atom stereocenters. The lowest BCUT2D eigenvalue weighted by atomic mass is 9.96. The molecule has 0 saturated carbocycles. The monoisotopic (exact) mass is 277 g/mol. The second-order valence-corrected chi connectivity index (χ2v) is 4.48. The van der Waals surface area contributed by atoms with Crippen molar-refractivity contribution < 1.29 is 23.0 Å². The predicted octanol–water partition coefficient (Wildman–Crippen LogP) is 2.06. The first-order valence-corrected chi connectivity index (χ1v) is 5.94. The Balaban J connectivity index is 2.22. The molecule has 0 heterocycles. The molecule has 0 bridgehead atoms. The van der Waals surface area contributed by atoms with Crippen LogP contribution in [0.2, 0.25) is 0 Å². The summed E-state index contributed by atoms with van der Waals surface area (Å²) in [6.45, 7) is 0.839. The summed E-state index contributed by atoms with van der Waals surface area (Å²) in [5.41, 5.74) is -0.315. The summed E-state index contributed by atoms with van der Waals surface area (Å²) < 4.78 is 39.8. The number of benzene rings is 1. The highest BCUT2D eigenvalue weighted by Crippen LogP contribution is 2.18. The largest absolute Gasteiger partial charge is 0.411 e. The van der Waals surface area contributed by atoms with E-state index < -0.39 is 18.4 Å². The lowest BCUT2D eigenvalue weighted by molar-refractivity contribution is -0.173. The van der Waals surface area contributed by atoms with Crippen molar-refractivity contribution >= 4 is 0 Å². The van der Waals surface area contributed by atoms with E-state index in [-0.39, 0.29) is 19.7 Å². The summed E-state index contributed by atoms with van der Waals surface area (Å²) in [6.07, 6.45) is -4.30. The van der Waals surface area contributed by atoms with Gasteiger partial charge in [-0.15, -0.1) is 0 Å². The molecule has 1 aromatic carbocycles. The average molecular weight is 277 g/mol. The molecule has 0 aliphatic rings. The van der Waals surface area contributed by atoms with Crippen molar-refractivity contribution in [1.29, 1.82) is 0 Å². The van der Waals surface area contributed by atoms with Crippen molar-refractivity contribution in [2.45, 2.75) is 18.7 Å². The van der Waals surface area contributed by atoms with E-state index in [4.69, 9.17) is 0 Å². The molecule has 0 radical (unpaired) electrons. The second-order valence-electron chi connectivity index (χ2n) is 4.48. The lowest BCUT2D eigenvalue weighted by Gasteiger charge is -2.24. The van der Waals surface area contributed by atoms with Crippen LogP contribution in [0.4, 0.5) is 13.2 Å². The summed E-state index contributed by atoms with van der Waals surface area (Å²) >= 11 is 0. The Hall–Kier alpha value is -1.11. The maximum atomic E-state index is 11.8. The minimum absolute atomic E-state index is 0.0512. The first kappa shape index (κ1) is 15.9. The number of hydrogen-bond acceptors (Lipinski definition) is 3. The first-order chi connectivity index (χ1) is 8.81. The molecule has 0 fully saturated rings. The van der Waals surface area contributed by atoms with Gasteiger partial charge < -0.3 is 15.2 Å². The molecule has 1 rings (SSSR count). The third kappa shape index (κ3) is 6.56. The summed E-state index contributed by atoms with van der Waals surface area (Å²) in [7, 11) is 0. The van der Waals surface area contributed by atoms with Gasteiger partial charge >= 0.3 is 6.18 Å². The van der Waals surface area contributed by atoms with Crippen LogP contribution < -0.4 is 5.32 Å². The van der Waals surface area contributed by atoms with E-state index in [1.54, 1.807) is 19.1 Å². The Labute approximate surface area is 110 Å². The van der Waals surface area contributed by atoms with Crippen molar-refractivity contribution in [3.8, 4) is 0 Å². The van der Waals surface area contributed by atoms with Gasteiger partial charge in [0.25, 0.3) is 0 Å². The summed E-state index contributed by atoms with van der Waals surface area (Å²) in [4.78, 5) is 0. The van der Waals surface area contributed by atoms with Crippen LogP contribution in [0.15, 0.2) is 30.3 Å². The van der Waals surface area contributed by atoms with Crippen molar-refractivity contribution in [2.24, 2.45) is 0 Å². The van der Waals surface area contributed by atoms with Crippen LogP contribution in [0.1, 0.15) is 12.5 Å². The number of ether oxygens (including phenoxy) is 1. The molecule has 1 aromatic rings. The van der Waals surface area contributed by atoms with E-state index in [0.717, 1.165) is 5.56 Å². The van der Waals surface area contributed by atoms with Gasteiger partial charge in [0, 0.05) is 13.1 Å². The average Bonchev–Trinajstić information content (AvgIpc) is 2.33. The number of halogens is 3. The van der Waals surface area contributed by atoms with E-state index in [9.17, 15) is 18.3 Å². The van der Waals surface area contributed by atoms with Crippen molar-refractivity contribution in [3.63, 3.8) is 0 Å². The van der Waals surface area contributed by atoms with Gasteiger partial charge in [-0.1, -0.05) is 30.3 Å². The highest BCUT2D eigenvalue weighted by Gasteiger charge is 2.27. The minimum Gasteiger partial charge on any atom is -0.384 e. The molecule has 6 heteroatoms. The quantitative estimate of drug-likeness (QED) is 0.750. The number of aliphatic hydroxyl groups is 1. The fraction of sp³-hybridized carbons (Fsp3) is 0.538. The Kier molecular flexibility index (Phi) is 5.78. The molecule has 0 aromatic heterocycles. The van der Waals surface area contributed by atoms with Gasteiger partial charge in [-0.05, 0) is 12.5 Å². The normalized spacial score (nSPS) is 15.2. The zero-order chi connectivity index (χ0) is 14.4. The van der Waals surface area contributed by atoms with Crippen LogP contribution in [0.5, 0.6) is 0 Å². The molecule has 19 heavy (non-hydrogen) atoms. The highest BCUT2D eigenvalue weighted by molar-refractivity contribution is 5.21. The Morgan fingerprint density at radius 3 is 2.42 bits per heavy atom. The van der Waals surface area contributed by atoms with Crippen molar-refractivity contribution in [2.75, 3.05) is 26.3 Å². The van der Waals surface area contributed by atoms with Crippen LogP contribution in [-0.4, -0.2) is 37.6 Å². The molecule has 0 spiro atoms. The maximum Gasteiger partial charge on any atom is 0.411 e. The second kappa shape index (κ2) is 6.88. The zero-order valence-electron chi connectivity index (χ0n) is 10.7. The van der Waals surface area contributed by atoms with Gasteiger partial charge in [0.05, 0.1) is 12.2 Å². The Bertz CT molecular complexity index is 366. The number of nitrogens with one attached hydrogen (secondary N) is 1. The fourth-order valence-corrected chi connectivity index (χ4v) is 1.56. The van der Waals surface area contributed by atoms with Gasteiger partial charge in [0.1, 0.15) is 6.61 Å². The molecule has 0 amide bonds. The van der Waals surface area contributed by atoms with Crippen LogP contribution in [-0.2, 0) is 10.3 Å². The molecule has 0 saturated heterocycles. The number of alkyl halides is 3. The minimum atomic E-state index is -4.30. The third-order valence-electron chi connectivity index (χ3n) is 2.55. The highest BCUT2D eigenvalue weighted by atomic mass is 19.4. The van der Waals surface area contributed by atoms with E-state index >= 15 is 0 Å². The summed E-state index contributed by atoms with van der Waals surface area (Å²) in [6, 6.07) is 9.06. The predicted molar refractivity (Wildman–Crippen MR) is 65.8 cm³/mol. The van der Waals surface area contributed by atoms with Gasteiger partial charge in [-0.3, -0.25) is 0 Å². The maximum absolute atomic E-state index is 11.8. The van der Waals surface area contributed by atoms with E-state index in [0.29, 0.717) is 0 Å². The first-order valence-electron chi connectivity index (χ1n) is 5.94. The molecular formula is C13H18F3NO2. The van der Waals surface area contributed by atoms with Gasteiger partial charge in [-0.25, -0.2) is 0 Å². The SMILES string of the molecule is CC(O)(CNCCOCC(F)(F)F)c1ccccc1. The van der Waals surface area contributed by atoms with Crippen LogP contribution >= 0.6 is 0 Å². The molecular weight excluding hydrogens is 259 g/mol. The topological polar surface area (TPSA) is 41.5 Å². The summed E-state index contributed by atoms with van der Waals surface area (Å²) in [5, 5.41) is 13.1. The van der Waals surface area contributed by atoms with Gasteiger partial charge in [0.15, 0.2) is 0 Å². The van der Waals surface area contributed by atoms with Crippen molar-refractivity contribution in [1.82, 2.24) is 5.32 Å². The van der Waals surface area contributed by atoms with E-state index in [1.165, 1.54) is 0 Å². The molecule has 2 N–H and O–H groups in total. The fourth-order valence-electron chi connectivity index (χ4n) is 1.56. The standard InChI is InChI=1S/C13H18F3NO2/c1-12(18,11-5-3-2-4-6-11)9-17-7-8-19-10-13(14,15)16/h2-6,17-18H,7-10H2,1H3. The molecule has 0 aliphatic heterocycles. The Morgan fingerprint density at radius 1 is 1.21 bits per heavy atom. The van der Waals surface area contributed by atoms with Gasteiger partial charge in [0.2, 0.25) is 0 Å². The third-order valence-corrected chi connectivity index (χ3v) is 2.55. The zero-order valence-corrected chi connectivity index (χ0v) is 10.7. The summed E-state index contributed by atoms with van der Waals surface area (Å²) in [5.74, 6) is 0.